The molecule has 0 bridgehead atoms. The monoisotopic (exact) mass is 308 g/mol. The van der Waals surface area contributed by atoms with Gasteiger partial charge in [0.05, 0.1) is 5.69 Å². The number of alkyl halides is 1. The van der Waals surface area contributed by atoms with E-state index >= 15 is 0 Å². The van der Waals surface area contributed by atoms with E-state index in [9.17, 15) is 4.39 Å². The zero-order valence-electron chi connectivity index (χ0n) is 10.8. The number of hydrogen-bond donors (Lipinski definition) is 1. The highest BCUT2D eigenvalue weighted by molar-refractivity contribution is 5.85. The van der Waals surface area contributed by atoms with E-state index in [2.05, 4.69) is 27.1 Å². The van der Waals surface area contributed by atoms with E-state index < -0.39 is 6.17 Å². The Balaban J connectivity index is 0.000000902. The summed E-state index contributed by atoms with van der Waals surface area (Å²) in [7, 11) is 0. The van der Waals surface area contributed by atoms with Gasteiger partial charge in [-0.1, -0.05) is 6.92 Å². The molecule has 2 atom stereocenters. The fourth-order valence-corrected chi connectivity index (χ4v) is 2.79. The predicted octanol–water partition coefficient (Wildman–Crippen LogP) is 2.25. The highest BCUT2D eigenvalue weighted by Gasteiger charge is 2.34. The summed E-state index contributed by atoms with van der Waals surface area (Å²) in [5.41, 5.74) is 1.64. The summed E-state index contributed by atoms with van der Waals surface area (Å²) in [6, 6.07) is 0. The Morgan fingerprint density at radius 3 is 2.63 bits per heavy atom. The average Bonchev–Trinajstić information content (AvgIpc) is 2.66. The van der Waals surface area contributed by atoms with Crippen molar-refractivity contribution in [3.05, 3.63) is 17.6 Å². The lowest BCUT2D eigenvalue weighted by molar-refractivity contribution is 0.326. The lowest BCUT2D eigenvalue weighted by Gasteiger charge is -2.30. The number of anilines is 1. The second-order valence-electron chi connectivity index (χ2n) is 4.84. The molecule has 19 heavy (non-hydrogen) atoms. The van der Waals surface area contributed by atoms with Crippen LogP contribution in [0, 0.1) is 0 Å². The second kappa shape index (κ2) is 6.68. The summed E-state index contributed by atoms with van der Waals surface area (Å²) >= 11 is 0. The van der Waals surface area contributed by atoms with E-state index in [1.807, 2.05) is 0 Å². The first-order valence-electron chi connectivity index (χ1n) is 6.22. The van der Waals surface area contributed by atoms with E-state index in [1.54, 1.807) is 0 Å². The molecule has 3 rings (SSSR count). The molecule has 0 radical (unpaired) electrons. The molecule has 0 amide bonds. The number of aromatic nitrogens is 2. The van der Waals surface area contributed by atoms with Crippen LogP contribution in [0.2, 0.25) is 0 Å². The quantitative estimate of drug-likeness (QED) is 0.864. The van der Waals surface area contributed by atoms with E-state index in [4.69, 9.17) is 0 Å². The maximum Gasteiger partial charge on any atom is 0.143 e. The van der Waals surface area contributed by atoms with Crippen LogP contribution in [0.15, 0.2) is 6.33 Å². The molecule has 4 nitrogen and oxygen atoms in total. The van der Waals surface area contributed by atoms with Gasteiger partial charge in [0.1, 0.15) is 18.3 Å². The summed E-state index contributed by atoms with van der Waals surface area (Å²) < 4.78 is 13.8. The summed E-state index contributed by atoms with van der Waals surface area (Å²) in [5.74, 6) is 1.18. The van der Waals surface area contributed by atoms with Gasteiger partial charge in [0, 0.05) is 31.7 Å². The molecule has 1 fully saturated rings. The van der Waals surface area contributed by atoms with Crippen molar-refractivity contribution in [3.8, 4) is 0 Å². The standard InChI is InChI=1S/C12H17FN4.2ClH/c1-8-6-9(13)11-10(8)12(16-7-15-11)17-4-2-14-3-5-17;;/h7-9,14H,2-6H2,1H3;2*1H/t8-,9+;;/m1../s1. The van der Waals surface area contributed by atoms with Crippen LogP contribution in [0.3, 0.4) is 0 Å². The maximum absolute atomic E-state index is 13.8. The van der Waals surface area contributed by atoms with E-state index in [0.717, 1.165) is 37.6 Å². The molecule has 0 saturated carbocycles. The smallest absolute Gasteiger partial charge is 0.143 e. The van der Waals surface area contributed by atoms with Crippen LogP contribution in [0.5, 0.6) is 0 Å². The van der Waals surface area contributed by atoms with Gasteiger partial charge in [-0.2, -0.15) is 0 Å². The molecule has 2 aliphatic rings. The Kier molecular flexibility index (Phi) is 5.77. The highest BCUT2D eigenvalue weighted by atomic mass is 35.5. The Hall–Kier alpha value is -0.650. The third-order valence-corrected chi connectivity index (χ3v) is 3.66. The van der Waals surface area contributed by atoms with Crippen LogP contribution in [-0.2, 0) is 0 Å². The molecule has 1 aliphatic heterocycles. The molecule has 1 saturated heterocycles. The van der Waals surface area contributed by atoms with Crippen molar-refractivity contribution in [1.82, 2.24) is 15.3 Å². The van der Waals surface area contributed by atoms with Crippen molar-refractivity contribution in [1.29, 1.82) is 0 Å². The van der Waals surface area contributed by atoms with Crippen molar-refractivity contribution >= 4 is 30.6 Å². The summed E-state index contributed by atoms with van der Waals surface area (Å²) in [6.45, 7) is 5.87. The molecule has 1 aromatic heterocycles. The van der Waals surface area contributed by atoms with Gasteiger partial charge < -0.3 is 10.2 Å². The van der Waals surface area contributed by atoms with Crippen molar-refractivity contribution in [2.45, 2.75) is 25.4 Å². The van der Waals surface area contributed by atoms with Crippen LogP contribution in [0.4, 0.5) is 10.2 Å². The lowest BCUT2D eigenvalue weighted by Crippen LogP contribution is -2.44. The number of hydrogen-bond acceptors (Lipinski definition) is 4. The van der Waals surface area contributed by atoms with E-state index in [0.29, 0.717) is 12.1 Å². The molecule has 2 heterocycles. The second-order valence-corrected chi connectivity index (χ2v) is 4.84. The molecular formula is C12H19Cl2FN4. The number of nitrogens with one attached hydrogen (secondary N) is 1. The van der Waals surface area contributed by atoms with Gasteiger partial charge in [0.15, 0.2) is 0 Å². The lowest BCUT2D eigenvalue weighted by atomic mass is 10.1. The number of piperazine rings is 1. The van der Waals surface area contributed by atoms with Gasteiger partial charge in [0.25, 0.3) is 0 Å². The Morgan fingerprint density at radius 2 is 1.95 bits per heavy atom. The third kappa shape index (κ3) is 2.93. The Morgan fingerprint density at radius 1 is 1.26 bits per heavy atom. The minimum Gasteiger partial charge on any atom is -0.354 e. The zero-order chi connectivity index (χ0) is 11.8. The van der Waals surface area contributed by atoms with E-state index in [1.165, 1.54) is 6.33 Å². The Labute approximate surface area is 125 Å². The van der Waals surface area contributed by atoms with Crippen LogP contribution >= 0.6 is 24.8 Å². The van der Waals surface area contributed by atoms with Crippen LogP contribution in [0.1, 0.15) is 36.7 Å². The first-order valence-corrected chi connectivity index (χ1v) is 6.22. The van der Waals surface area contributed by atoms with Crippen LogP contribution < -0.4 is 10.2 Å². The van der Waals surface area contributed by atoms with Gasteiger partial charge in [0.2, 0.25) is 0 Å². The van der Waals surface area contributed by atoms with Gasteiger partial charge >= 0.3 is 0 Å². The van der Waals surface area contributed by atoms with Gasteiger partial charge in [-0.3, -0.25) is 0 Å². The number of rotatable bonds is 1. The molecule has 7 heteroatoms. The van der Waals surface area contributed by atoms with Crippen molar-refractivity contribution < 1.29 is 4.39 Å². The van der Waals surface area contributed by atoms with Gasteiger partial charge in [-0.25, -0.2) is 14.4 Å². The number of halogens is 3. The average molecular weight is 309 g/mol. The minimum atomic E-state index is -0.912. The third-order valence-electron chi connectivity index (χ3n) is 3.66. The molecule has 1 N–H and O–H groups in total. The summed E-state index contributed by atoms with van der Waals surface area (Å²) in [4.78, 5) is 10.7. The molecule has 1 aliphatic carbocycles. The first kappa shape index (κ1) is 16.4. The van der Waals surface area contributed by atoms with Crippen LogP contribution in [-0.4, -0.2) is 36.1 Å². The molecule has 0 unspecified atom stereocenters. The van der Waals surface area contributed by atoms with Crippen molar-refractivity contribution in [3.63, 3.8) is 0 Å². The SMILES string of the molecule is C[C@@H]1C[C@H](F)c2ncnc(N3CCNCC3)c21.Cl.Cl. The molecule has 108 valence electrons. The van der Waals surface area contributed by atoms with Crippen molar-refractivity contribution in [2.75, 3.05) is 31.1 Å². The number of nitrogens with zero attached hydrogens (tertiary/aromatic N) is 3. The largest absolute Gasteiger partial charge is 0.354 e. The van der Waals surface area contributed by atoms with Gasteiger partial charge in [-0.05, 0) is 12.3 Å². The van der Waals surface area contributed by atoms with Crippen molar-refractivity contribution in [2.24, 2.45) is 0 Å². The molecule has 0 spiro atoms. The first-order chi connectivity index (χ1) is 8.27. The molecule has 1 aromatic rings. The maximum atomic E-state index is 13.8. The number of fused-ring (bicyclic) bond motifs is 1. The fourth-order valence-electron chi connectivity index (χ4n) is 2.79. The summed E-state index contributed by atoms with van der Waals surface area (Å²) in [6.07, 6.45) is 1.14. The molecular weight excluding hydrogens is 290 g/mol. The Bertz CT molecular complexity index is 426. The fraction of sp³-hybridized carbons (Fsp3) is 0.667. The zero-order valence-corrected chi connectivity index (χ0v) is 12.4. The van der Waals surface area contributed by atoms with E-state index in [-0.39, 0.29) is 30.7 Å². The van der Waals surface area contributed by atoms with Gasteiger partial charge in [-0.15, -0.1) is 24.8 Å². The molecule has 0 aromatic carbocycles. The predicted molar refractivity (Wildman–Crippen MR) is 78.5 cm³/mol. The summed E-state index contributed by atoms with van der Waals surface area (Å²) in [5, 5.41) is 3.31. The minimum absolute atomic E-state index is 0. The normalized spacial score (nSPS) is 25.3. The van der Waals surface area contributed by atoms with Crippen LogP contribution in [0.25, 0.3) is 0 Å². The topological polar surface area (TPSA) is 41.1 Å². The highest BCUT2D eigenvalue weighted by Crippen LogP contribution is 2.44.